The van der Waals surface area contributed by atoms with Crippen molar-refractivity contribution in [3.63, 3.8) is 0 Å². The van der Waals surface area contributed by atoms with Crippen molar-refractivity contribution in [2.75, 3.05) is 0 Å². The van der Waals surface area contributed by atoms with E-state index in [1.807, 2.05) is 84.9 Å². The Morgan fingerprint density at radius 3 is 1.48 bits per heavy atom. The number of pyridine rings is 2. The molecule has 0 radical (unpaired) electrons. The standard InChI is InChI=1S/C41H25BrN6/c42-37-36(44-41-34-31-18-10-11-19-33(31)43-35(26-12-4-1-5-13-26)32(34)24-25-48(37)41)27-20-22-30(23-21-27)40-46-38(28-14-6-2-7-15-28)45-39(47-40)29-16-8-3-9-17-29/h1-25H. The van der Waals surface area contributed by atoms with Crippen molar-refractivity contribution in [2.24, 2.45) is 0 Å². The van der Waals surface area contributed by atoms with Crippen molar-refractivity contribution in [1.29, 1.82) is 0 Å². The highest BCUT2D eigenvalue weighted by atomic mass is 79.9. The number of aromatic nitrogens is 6. The van der Waals surface area contributed by atoms with E-state index < -0.39 is 0 Å². The van der Waals surface area contributed by atoms with Gasteiger partial charge < -0.3 is 0 Å². The van der Waals surface area contributed by atoms with Crippen LogP contribution in [0.1, 0.15) is 0 Å². The fraction of sp³-hybridized carbons (Fsp3) is 0. The van der Waals surface area contributed by atoms with Gasteiger partial charge in [-0.1, -0.05) is 133 Å². The summed E-state index contributed by atoms with van der Waals surface area (Å²) in [5.74, 6) is 1.88. The highest BCUT2D eigenvalue weighted by Gasteiger charge is 2.19. The molecule has 9 aromatic rings. The average Bonchev–Trinajstić information content (AvgIpc) is 3.51. The third-order valence-corrected chi connectivity index (χ3v) is 9.32. The van der Waals surface area contributed by atoms with Crippen molar-refractivity contribution < 1.29 is 0 Å². The summed E-state index contributed by atoms with van der Waals surface area (Å²) in [5, 5.41) is 3.19. The Kier molecular flexibility index (Phi) is 6.83. The number of halogens is 1. The number of benzene rings is 5. The Labute approximate surface area is 284 Å². The predicted molar refractivity (Wildman–Crippen MR) is 196 cm³/mol. The number of para-hydroxylation sites is 1. The van der Waals surface area contributed by atoms with Gasteiger partial charge in [0.2, 0.25) is 0 Å². The predicted octanol–water partition coefficient (Wildman–Crippen LogP) is 10.3. The molecule has 0 atom stereocenters. The summed E-state index contributed by atoms with van der Waals surface area (Å²) < 4.78 is 2.99. The molecule has 4 aromatic heterocycles. The molecule has 226 valence electrons. The summed E-state index contributed by atoms with van der Waals surface area (Å²) in [6.07, 6.45) is 2.07. The first kappa shape index (κ1) is 28.2. The maximum atomic E-state index is 5.25. The number of hydrogen-bond donors (Lipinski definition) is 0. The lowest BCUT2D eigenvalue weighted by atomic mass is 10.0. The van der Waals surface area contributed by atoms with Gasteiger partial charge in [-0.2, -0.15) is 0 Å². The number of fused-ring (bicyclic) bond motifs is 5. The lowest BCUT2D eigenvalue weighted by molar-refractivity contribution is 1.07. The highest BCUT2D eigenvalue weighted by Crippen LogP contribution is 2.38. The van der Waals surface area contributed by atoms with E-state index in [0.29, 0.717) is 17.5 Å². The molecule has 48 heavy (non-hydrogen) atoms. The minimum absolute atomic E-state index is 0.613. The van der Waals surface area contributed by atoms with Gasteiger partial charge in [-0.3, -0.25) is 4.40 Å². The van der Waals surface area contributed by atoms with Gasteiger partial charge in [0.1, 0.15) is 15.9 Å². The van der Waals surface area contributed by atoms with Crippen molar-refractivity contribution in [3.05, 3.63) is 156 Å². The molecule has 0 saturated carbocycles. The molecule has 0 bridgehead atoms. The molecule has 0 amide bonds. The first-order valence-corrected chi connectivity index (χ1v) is 16.4. The van der Waals surface area contributed by atoms with Gasteiger partial charge in [0.05, 0.1) is 11.2 Å². The Morgan fingerprint density at radius 1 is 0.396 bits per heavy atom. The summed E-state index contributed by atoms with van der Waals surface area (Å²) in [6, 6.07) is 49.0. The largest absolute Gasteiger partial charge is 0.293 e. The van der Waals surface area contributed by atoms with Gasteiger partial charge >= 0.3 is 0 Å². The second-order valence-corrected chi connectivity index (χ2v) is 12.3. The van der Waals surface area contributed by atoms with E-state index in [1.54, 1.807) is 0 Å². The fourth-order valence-electron chi connectivity index (χ4n) is 6.22. The number of nitrogens with zero attached hydrogens (tertiary/aromatic N) is 6. The first-order valence-electron chi connectivity index (χ1n) is 15.6. The topological polar surface area (TPSA) is 68.9 Å². The number of rotatable bonds is 5. The van der Waals surface area contributed by atoms with Crippen LogP contribution >= 0.6 is 15.9 Å². The van der Waals surface area contributed by atoms with Crippen LogP contribution < -0.4 is 0 Å². The normalized spacial score (nSPS) is 11.4. The van der Waals surface area contributed by atoms with Crippen molar-refractivity contribution in [3.8, 4) is 56.7 Å². The van der Waals surface area contributed by atoms with Crippen molar-refractivity contribution in [1.82, 2.24) is 29.3 Å². The molecule has 6 nitrogen and oxygen atoms in total. The molecule has 0 aliphatic carbocycles. The van der Waals surface area contributed by atoms with E-state index in [4.69, 9.17) is 24.9 Å². The van der Waals surface area contributed by atoms with Gasteiger partial charge in [0.15, 0.2) is 17.5 Å². The van der Waals surface area contributed by atoms with Crippen LogP contribution in [0.15, 0.2) is 156 Å². The summed E-state index contributed by atoms with van der Waals surface area (Å²) in [7, 11) is 0. The SMILES string of the molecule is Brc1c(-c2ccc(-c3nc(-c4ccccc4)nc(-c4ccccc4)n3)cc2)nc2c3c(ccn12)c(-c1ccccc1)nc1ccccc13. The van der Waals surface area contributed by atoms with Crippen LogP contribution in [0.4, 0.5) is 0 Å². The van der Waals surface area contributed by atoms with Crippen LogP contribution in [-0.4, -0.2) is 29.3 Å². The maximum Gasteiger partial charge on any atom is 0.164 e. The van der Waals surface area contributed by atoms with Gasteiger partial charge in [-0.15, -0.1) is 0 Å². The molecule has 9 rings (SSSR count). The van der Waals surface area contributed by atoms with Crippen LogP contribution in [-0.2, 0) is 0 Å². The fourth-order valence-corrected chi connectivity index (χ4v) is 6.82. The summed E-state index contributed by atoms with van der Waals surface area (Å²) in [5.41, 5.74) is 8.41. The summed E-state index contributed by atoms with van der Waals surface area (Å²) >= 11 is 3.89. The average molecular weight is 682 g/mol. The van der Waals surface area contributed by atoms with Gasteiger partial charge in [0.25, 0.3) is 0 Å². The highest BCUT2D eigenvalue weighted by molar-refractivity contribution is 9.10. The lowest BCUT2D eigenvalue weighted by Gasteiger charge is -2.11. The Morgan fingerprint density at radius 2 is 0.875 bits per heavy atom. The van der Waals surface area contributed by atoms with E-state index in [9.17, 15) is 0 Å². The van der Waals surface area contributed by atoms with Crippen LogP contribution in [0.5, 0.6) is 0 Å². The second-order valence-electron chi connectivity index (χ2n) is 11.5. The molecule has 4 heterocycles. The van der Waals surface area contributed by atoms with Crippen LogP contribution in [0, 0.1) is 0 Å². The molecular weight excluding hydrogens is 656 g/mol. The van der Waals surface area contributed by atoms with Crippen LogP contribution in [0.25, 0.3) is 84.0 Å². The molecular formula is C41H25BrN6. The third kappa shape index (κ3) is 4.84. The van der Waals surface area contributed by atoms with E-state index in [-0.39, 0.29) is 0 Å². The molecule has 0 N–H and O–H groups in total. The van der Waals surface area contributed by atoms with E-state index >= 15 is 0 Å². The molecule has 7 heteroatoms. The zero-order valence-electron chi connectivity index (χ0n) is 25.5. The van der Waals surface area contributed by atoms with E-state index in [0.717, 1.165) is 71.1 Å². The maximum absolute atomic E-state index is 5.25. The smallest absolute Gasteiger partial charge is 0.164 e. The van der Waals surface area contributed by atoms with Crippen LogP contribution in [0.3, 0.4) is 0 Å². The Bertz CT molecular complexity index is 2540. The minimum Gasteiger partial charge on any atom is -0.293 e. The Hall–Kier alpha value is -6.05. The second kappa shape index (κ2) is 11.6. The third-order valence-electron chi connectivity index (χ3n) is 8.56. The number of imidazole rings is 1. The number of hydrogen-bond acceptors (Lipinski definition) is 5. The monoisotopic (exact) mass is 680 g/mol. The van der Waals surface area contributed by atoms with E-state index in [2.05, 4.69) is 87.2 Å². The molecule has 0 aliphatic rings. The zero-order valence-corrected chi connectivity index (χ0v) is 27.1. The molecule has 0 saturated heterocycles. The first-order chi connectivity index (χ1) is 23.7. The van der Waals surface area contributed by atoms with Crippen molar-refractivity contribution in [2.45, 2.75) is 0 Å². The van der Waals surface area contributed by atoms with Crippen molar-refractivity contribution >= 4 is 43.3 Å². The zero-order chi connectivity index (χ0) is 32.0. The molecule has 0 aliphatic heterocycles. The van der Waals surface area contributed by atoms with E-state index in [1.165, 1.54) is 0 Å². The van der Waals surface area contributed by atoms with Gasteiger partial charge in [-0.05, 0) is 28.1 Å². The van der Waals surface area contributed by atoms with Gasteiger partial charge in [-0.25, -0.2) is 24.9 Å². The quantitative estimate of drug-likeness (QED) is 0.169. The molecule has 5 aromatic carbocycles. The molecule has 0 spiro atoms. The lowest BCUT2D eigenvalue weighted by Crippen LogP contribution is -2.00. The Balaban J connectivity index is 1.18. The van der Waals surface area contributed by atoms with Gasteiger partial charge in [0, 0.05) is 50.2 Å². The summed E-state index contributed by atoms with van der Waals surface area (Å²) in [6.45, 7) is 0. The van der Waals surface area contributed by atoms with Crippen LogP contribution in [0.2, 0.25) is 0 Å². The molecule has 0 unspecified atom stereocenters. The summed E-state index contributed by atoms with van der Waals surface area (Å²) in [4.78, 5) is 25.0. The molecule has 0 fully saturated rings. The minimum atomic E-state index is 0.613.